The highest BCUT2D eigenvalue weighted by Crippen LogP contribution is 2.17. The largest absolute Gasteiger partial charge is 0.497 e. The second-order valence-electron chi connectivity index (χ2n) is 6.72. The van der Waals surface area contributed by atoms with Gasteiger partial charge >= 0.3 is 0 Å². The number of hydrogen-bond acceptors (Lipinski definition) is 4. The van der Waals surface area contributed by atoms with Crippen LogP contribution in [0.4, 0.5) is 5.82 Å². The summed E-state index contributed by atoms with van der Waals surface area (Å²) in [4.78, 5) is 12.3. The number of amides is 1. The average molecular weight is 393 g/mol. The van der Waals surface area contributed by atoms with Crippen LogP contribution in [0.25, 0.3) is 0 Å². The number of anilines is 1. The Hall–Kier alpha value is -3.28. The van der Waals surface area contributed by atoms with Gasteiger partial charge in [0.1, 0.15) is 17.3 Å². The minimum Gasteiger partial charge on any atom is -0.497 e. The van der Waals surface area contributed by atoms with E-state index < -0.39 is 0 Å². The van der Waals surface area contributed by atoms with Crippen LogP contribution < -0.4 is 14.8 Å². The van der Waals surface area contributed by atoms with Gasteiger partial charge in [0.15, 0.2) is 0 Å². The number of carbonyl (C=O) groups is 1. The minimum absolute atomic E-state index is 0.0496. The van der Waals surface area contributed by atoms with Gasteiger partial charge < -0.3 is 14.8 Å². The molecule has 0 fully saturated rings. The zero-order valence-electron chi connectivity index (χ0n) is 16.9. The summed E-state index contributed by atoms with van der Waals surface area (Å²) in [5, 5.41) is 7.26. The number of ether oxygens (including phenoxy) is 2. The molecular formula is C23H27N3O3. The molecule has 0 spiro atoms. The number of nitrogens with zero attached hydrogens (tertiary/aromatic N) is 2. The number of carbonyl (C=O) groups excluding carboxylic acids is 1. The van der Waals surface area contributed by atoms with Gasteiger partial charge in [0.05, 0.1) is 26.5 Å². The number of hydrogen-bond donors (Lipinski definition) is 1. The SMILES string of the molecule is CCc1ccc(Cn2nccc2NC(=O)CCCOc2ccc(OC)cc2)cc1. The minimum atomic E-state index is -0.0496. The highest BCUT2D eigenvalue weighted by atomic mass is 16.5. The van der Waals surface area contributed by atoms with E-state index in [0.717, 1.165) is 23.5 Å². The Morgan fingerprint density at radius 3 is 2.38 bits per heavy atom. The van der Waals surface area contributed by atoms with E-state index in [-0.39, 0.29) is 5.91 Å². The fourth-order valence-electron chi connectivity index (χ4n) is 2.92. The second kappa shape index (κ2) is 10.3. The van der Waals surface area contributed by atoms with Crippen molar-refractivity contribution in [3.8, 4) is 11.5 Å². The van der Waals surface area contributed by atoms with Crippen LogP contribution in [0, 0.1) is 0 Å². The number of methoxy groups -OCH3 is 1. The highest BCUT2D eigenvalue weighted by molar-refractivity contribution is 5.89. The molecule has 2 aromatic carbocycles. The standard InChI is InChI=1S/C23H27N3O3/c1-3-18-6-8-19(9-7-18)17-26-22(14-15-24-26)25-23(27)5-4-16-29-21-12-10-20(28-2)11-13-21/h6-15H,3-5,16-17H2,1-2H3,(H,25,27). The summed E-state index contributed by atoms with van der Waals surface area (Å²) in [5.41, 5.74) is 2.45. The lowest BCUT2D eigenvalue weighted by Gasteiger charge is -2.10. The Labute approximate surface area is 171 Å². The average Bonchev–Trinajstić information content (AvgIpc) is 3.18. The Balaban J connectivity index is 1.44. The molecule has 1 N–H and O–H groups in total. The van der Waals surface area contributed by atoms with Gasteiger partial charge in [0.25, 0.3) is 0 Å². The van der Waals surface area contributed by atoms with Crippen molar-refractivity contribution >= 4 is 11.7 Å². The van der Waals surface area contributed by atoms with Crippen LogP contribution in [0.1, 0.15) is 30.9 Å². The number of nitrogens with one attached hydrogen (secondary N) is 1. The molecule has 0 aliphatic heterocycles. The van der Waals surface area contributed by atoms with E-state index in [9.17, 15) is 4.79 Å². The molecule has 0 radical (unpaired) electrons. The van der Waals surface area contributed by atoms with Crippen molar-refractivity contribution in [2.75, 3.05) is 19.0 Å². The van der Waals surface area contributed by atoms with E-state index in [4.69, 9.17) is 9.47 Å². The molecule has 1 heterocycles. The molecule has 0 aliphatic carbocycles. The fourth-order valence-corrected chi connectivity index (χ4v) is 2.92. The first-order valence-electron chi connectivity index (χ1n) is 9.84. The van der Waals surface area contributed by atoms with Gasteiger partial charge in [-0.2, -0.15) is 5.10 Å². The molecule has 6 heteroatoms. The molecule has 6 nitrogen and oxygen atoms in total. The number of benzene rings is 2. The lowest BCUT2D eigenvalue weighted by atomic mass is 10.1. The fraction of sp³-hybridized carbons (Fsp3) is 0.304. The summed E-state index contributed by atoms with van der Waals surface area (Å²) in [5.74, 6) is 2.20. The van der Waals surface area contributed by atoms with Crippen molar-refractivity contribution in [2.45, 2.75) is 32.7 Å². The maximum absolute atomic E-state index is 12.3. The van der Waals surface area contributed by atoms with E-state index in [1.807, 2.05) is 30.3 Å². The van der Waals surface area contributed by atoms with Gasteiger partial charge in [-0.1, -0.05) is 31.2 Å². The third kappa shape index (κ3) is 6.10. The monoisotopic (exact) mass is 393 g/mol. The van der Waals surface area contributed by atoms with E-state index >= 15 is 0 Å². The van der Waals surface area contributed by atoms with Crippen molar-refractivity contribution in [1.29, 1.82) is 0 Å². The molecule has 152 valence electrons. The number of aryl methyl sites for hydroxylation is 1. The molecule has 1 aromatic heterocycles. The molecule has 0 unspecified atom stereocenters. The first kappa shape index (κ1) is 20.5. The van der Waals surface area contributed by atoms with Gasteiger partial charge in [0, 0.05) is 12.5 Å². The molecule has 3 rings (SSSR count). The van der Waals surface area contributed by atoms with E-state index in [1.165, 1.54) is 5.56 Å². The molecule has 3 aromatic rings. The van der Waals surface area contributed by atoms with E-state index in [0.29, 0.717) is 31.8 Å². The maximum Gasteiger partial charge on any atom is 0.225 e. The highest BCUT2D eigenvalue weighted by Gasteiger charge is 2.08. The van der Waals surface area contributed by atoms with Crippen LogP contribution in [0.15, 0.2) is 60.8 Å². The third-order valence-corrected chi connectivity index (χ3v) is 4.62. The normalized spacial score (nSPS) is 10.6. The van der Waals surface area contributed by atoms with Crippen molar-refractivity contribution < 1.29 is 14.3 Å². The van der Waals surface area contributed by atoms with Gasteiger partial charge in [-0.25, -0.2) is 4.68 Å². The zero-order valence-corrected chi connectivity index (χ0v) is 16.9. The Morgan fingerprint density at radius 1 is 1.00 bits per heavy atom. The van der Waals surface area contributed by atoms with Gasteiger partial charge in [0.2, 0.25) is 5.91 Å². The van der Waals surface area contributed by atoms with Crippen LogP contribution in [-0.4, -0.2) is 29.4 Å². The Morgan fingerprint density at radius 2 is 1.69 bits per heavy atom. The maximum atomic E-state index is 12.3. The van der Waals surface area contributed by atoms with Crippen molar-refractivity contribution in [2.24, 2.45) is 0 Å². The molecule has 0 aliphatic rings. The number of rotatable bonds is 10. The summed E-state index contributed by atoms with van der Waals surface area (Å²) in [6.45, 7) is 3.23. The molecule has 0 bridgehead atoms. The predicted octanol–water partition coefficient (Wildman–Crippen LogP) is 4.30. The van der Waals surface area contributed by atoms with Crippen LogP contribution in [0.5, 0.6) is 11.5 Å². The molecule has 1 amide bonds. The van der Waals surface area contributed by atoms with E-state index in [2.05, 4.69) is 41.6 Å². The van der Waals surface area contributed by atoms with Crippen molar-refractivity contribution in [3.63, 3.8) is 0 Å². The molecule has 0 saturated carbocycles. The van der Waals surface area contributed by atoms with Crippen molar-refractivity contribution in [1.82, 2.24) is 9.78 Å². The molecular weight excluding hydrogens is 366 g/mol. The lowest BCUT2D eigenvalue weighted by molar-refractivity contribution is -0.116. The molecule has 0 atom stereocenters. The molecule has 29 heavy (non-hydrogen) atoms. The number of aromatic nitrogens is 2. The van der Waals surface area contributed by atoms with E-state index in [1.54, 1.807) is 18.0 Å². The van der Waals surface area contributed by atoms with Gasteiger partial charge in [-0.3, -0.25) is 4.79 Å². The Kier molecular flexibility index (Phi) is 7.28. The summed E-state index contributed by atoms with van der Waals surface area (Å²) >= 11 is 0. The Bertz CT molecular complexity index is 902. The summed E-state index contributed by atoms with van der Waals surface area (Å²) < 4.78 is 12.6. The van der Waals surface area contributed by atoms with Crippen LogP contribution in [0.3, 0.4) is 0 Å². The topological polar surface area (TPSA) is 65.4 Å². The van der Waals surface area contributed by atoms with Gasteiger partial charge in [-0.05, 0) is 48.2 Å². The lowest BCUT2D eigenvalue weighted by Crippen LogP contribution is -2.16. The molecule has 0 saturated heterocycles. The predicted molar refractivity (Wildman–Crippen MR) is 114 cm³/mol. The first-order valence-corrected chi connectivity index (χ1v) is 9.84. The third-order valence-electron chi connectivity index (χ3n) is 4.62. The van der Waals surface area contributed by atoms with Crippen LogP contribution in [0.2, 0.25) is 0 Å². The summed E-state index contributed by atoms with van der Waals surface area (Å²) in [6, 6.07) is 17.7. The second-order valence-corrected chi connectivity index (χ2v) is 6.72. The van der Waals surface area contributed by atoms with Gasteiger partial charge in [-0.15, -0.1) is 0 Å². The van der Waals surface area contributed by atoms with Crippen LogP contribution >= 0.6 is 0 Å². The quantitative estimate of drug-likeness (QED) is 0.522. The smallest absolute Gasteiger partial charge is 0.225 e. The zero-order chi connectivity index (χ0) is 20.5. The first-order chi connectivity index (χ1) is 14.2. The summed E-state index contributed by atoms with van der Waals surface area (Å²) in [7, 11) is 1.63. The van der Waals surface area contributed by atoms with Crippen LogP contribution in [-0.2, 0) is 17.8 Å². The summed E-state index contributed by atoms with van der Waals surface area (Å²) in [6.07, 6.45) is 3.73. The van der Waals surface area contributed by atoms with Crippen molar-refractivity contribution in [3.05, 3.63) is 71.9 Å².